The maximum atomic E-state index is 13.5. The zero-order valence-electron chi connectivity index (χ0n) is 27.3. The van der Waals surface area contributed by atoms with Gasteiger partial charge in [0.2, 0.25) is 5.91 Å². The highest BCUT2D eigenvalue weighted by Crippen LogP contribution is 2.25. The van der Waals surface area contributed by atoms with Gasteiger partial charge in [-0.05, 0) is 81.0 Å². The molecule has 46 heavy (non-hydrogen) atoms. The summed E-state index contributed by atoms with van der Waals surface area (Å²) >= 11 is 0. The van der Waals surface area contributed by atoms with Crippen molar-refractivity contribution >= 4 is 28.5 Å². The number of hydrogen-bond donors (Lipinski definition) is 4. The standard InChI is InChI=1S/C38H45N3O5/c1-25-30(16-11-17-33(25)43)36(45)39-32(24-27-12-7-6-8-13-27)34(44)21-23-41(26(2)42)22-20-29-19-18-28-14-9-10-15-31(28)35(29)37(46)40-38(3,4)5/h6-19,32,34,43-44H,20-24H2,1-5H3,(H,39,45)(H,40,46). The van der Waals surface area contributed by atoms with Gasteiger partial charge in [-0.3, -0.25) is 14.4 Å². The van der Waals surface area contributed by atoms with Crippen LogP contribution in [0.3, 0.4) is 0 Å². The second-order valence-electron chi connectivity index (χ2n) is 12.9. The van der Waals surface area contributed by atoms with E-state index in [-0.39, 0.29) is 30.5 Å². The van der Waals surface area contributed by atoms with Crippen LogP contribution in [0.4, 0.5) is 0 Å². The minimum atomic E-state index is -0.961. The zero-order chi connectivity index (χ0) is 33.4. The predicted octanol–water partition coefficient (Wildman–Crippen LogP) is 5.57. The molecule has 0 heterocycles. The lowest BCUT2D eigenvalue weighted by Gasteiger charge is -2.28. The van der Waals surface area contributed by atoms with Gasteiger partial charge in [0.15, 0.2) is 0 Å². The minimum absolute atomic E-state index is 0.0235. The Bertz CT molecular complexity index is 1680. The molecule has 0 aliphatic carbocycles. The van der Waals surface area contributed by atoms with Crippen LogP contribution in [0, 0.1) is 6.92 Å². The van der Waals surface area contributed by atoms with E-state index in [1.165, 1.54) is 13.0 Å². The van der Waals surface area contributed by atoms with Gasteiger partial charge in [-0.2, -0.15) is 0 Å². The molecular formula is C38H45N3O5. The Kier molecular flexibility index (Phi) is 11.2. The van der Waals surface area contributed by atoms with Crippen molar-refractivity contribution in [3.05, 3.63) is 113 Å². The molecule has 0 aliphatic heterocycles. The van der Waals surface area contributed by atoms with Crippen molar-refractivity contribution < 1.29 is 24.6 Å². The summed E-state index contributed by atoms with van der Waals surface area (Å²) in [6, 6.07) is 25.4. The van der Waals surface area contributed by atoms with Crippen molar-refractivity contribution in [1.29, 1.82) is 0 Å². The number of hydrogen-bond acceptors (Lipinski definition) is 5. The van der Waals surface area contributed by atoms with Gasteiger partial charge in [0, 0.05) is 36.7 Å². The Labute approximate surface area is 271 Å². The van der Waals surface area contributed by atoms with Crippen LogP contribution in [0.25, 0.3) is 10.8 Å². The molecule has 4 aromatic carbocycles. The number of rotatable bonds is 12. The van der Waals surface area contributed by atoms with Crippen molar-refractivity contribution in [3.8, 4) is 5.75 Å². The third kappa shape index (κ3) is 8.95. The molecule has 0 radical (unpaired) electrons. The van der Waals surface area contributed by atoms with E-state index in [1.807, 2.05) is 87.5 Å². The summed E-state index contributed by atoms with van der Waals surface area (Å²) in [4.78, 5) is 41.2. The second-order valence-corrected chi connectivity index (χ2v) is 12.9. The van der Waals surface area contributed by atoms with Gasteiger partial charge in [0.25, 0.3) is 11.8 Å². The van der Waals surface area contributed by atoms with E-state index in [0.29, 0.717) is 36.1 Å². The zero-order valence-corrected chi connectivity index (χ0v) is 27.3. The fourth-order valence-electron chi connectivity index (χ4n) is 5.63. The molecule has 2 atom stereocenters. The van der Waals surface area contributed by atoms with E-state index in [9.17, 15) is 24.6 Å². The van der Waals surface area contributed by atoms with Crippen molar-refractivity contribution in [1.82, 2.24) is 15.5 Å². The third-order valence-electron chi connectivity index (χ3n) is 8.15. The molecule has 0 saturated heterocycles. The van der Waals surface area contributed by atoms with E-state index in [0.717, 1.165) is 21.9 Å². The van der Waals surface area contributed by atoms with Gasteiger partial charge in [-0.15, -0.1) is 0 Å². The number of amides is 3. The molecule has 4 rings (SSSR count). The molecule has 4 aromatic rings. The Morgan fingerprint density at radius 3 is 2.24 bits per heavy atom. The predicted molar refractivity (Wildman–Crippen MR) is 182 cm³/mol. The maximum Gasteiger partial charge on any atom is 0.252 e. The Hall–Kier alpha value is -4.69. The van der Waals surface area contributed by atoms with E-state index in [2.05, 4.69) is 10.6 Å². The van der Waals surface area contributed by atoms with E-state index >= 15 is 0 Å². The number of aromatic hydroxyl groups is 1. The number of aliphatic hydroxyl groups excluding tert-OH is 1. The average molecular weight is 624 g/mol. The molecular weight excluding hydrogens is 578 g/mol. The number of fused-ring (bicyclic) bond motifs is 1. The highest BCUT2D eigenvalue weighted by Gasteiger charge is 2.26. The van der Waals surface area contributed by atoms with Crippen LogP contribution in [0.1, 0.15) is 71.5 Å². The normalized spacial score (nSPS) is 12.7. The maximum absolute atomic E-state index is 13.5. The van der Waals surface area contributed by atoms with Crippen LogP contribution in [0.2, 0.25) is 0 Å². The molecule has 4 N–H and O–H groups in total. The molecule has 0 aliphatic rings. The van der Waals surface area contributed by atoms with Crippen molar-refractivity contribution in [2.24, 2.45) is 0 Å². The first kappa shape index (κ1) is 34.2. The fraction of sp³-hybridized carbons (Fsp3) is 0.342. The average Bonchev–Trinajstić information content (AvgIpc) is 3.01. The number of phenolic OH excluding ortho intramolecular Hbond substituents is 1. The van der Waals surface area contributed by atoms with Gasteiger partial charge in [-0.25, -0.2) is 0 Å². The first-order chi connectivity index (χ1) is 21.8. The van der Waals surface area contributed by atoms with Crippen LogP contribution in [-0.4, -0.2) is 63.6 Å². The van der Waals surface area contributed by atoms with E-state index in [4.69, 9.17) is 0 Å². The number of carbonyl (C=O) groups is 3. The Morgan fingerprint density at radius 2 is 1.54 bits per heavy atom. The molecule has 0 saturated carbocycles. The number of benzene rings is 4. The smallest absolute Gasteiger partial charge is 0.252 e. The quantitative estimate of drug-likeness (QED) is 0.165. The van der Waals surface area contributed by atoms with Crippen LogP contribution >= 0.6 is 0 Å². The molecule has 0 bridgehead atoms. The van der Waals surface area contributed by atoms with Gasteiger partial charge < -0.3 is 25.7 Å². The number of carbonyl (C=O) groups excluding carboxylic acids is 3. The summed E-state index contributed by atoms with van der Waals surface area (Å²) in [5, 5.41) is 29.4. The van der Waals surface area contributed by atoms with Gasteiger partial charge in [0.05, 0.1) is 17.7 Å². The largest absolute Gasteiger partial charge is 0.508 e. The molecule has 242 valence electrons. The lowest BCUT2D eigenvalue weighted by molar-refractivity contribution is -0.129. The summed E-state index contributed by atoms with van der Waals surface area (Å²) in [5.41, 5.74) is 2.75. The summed E-state index contributed by atoms with van der Waals surface area (Å²) in [7, 11) is 0. The lowest BCUT2D eigenvalue weighted by Crippen LogP contribution is -2.46. The molecule has 2 unspecified atom stereocenters. The molecule has 0 aromatic heterocycles. The minimum Gasteiger partial charge on any atom is -0.508 e. The van der Waals surface area contributed by atoms with E-state index in [1.54, 1.807) is 24.0 Å². The first-order valence-corrected chi connectivity index (χ1v) is 15.7. The molecule has 0 fully saturated rings. The SMILES string of the molecule is CC(=O)N(CCc1ccc2ccccc2c1C(=O)NC(C)(C)C)CCC(O)C(Cc1ccccc1)NC(=O)c1cccc(O)c1C. The summed E-state index contributed by atoms with van der Waals surface area (Å²) < 4.78 is 0. The first-order valence-electron chi connectivity index (χ1n) is 15.7. The fourth-order valence-corrected chi connectivity index (χ4v) is 5.63. The third-order valence-corrected chi connectivity index (χ3v) is 8.15. The van der Waals surface area contributed by atoms with E-state index < -0.39 is 23.6 Å². The Balaban J connectivity index is 1.50. The summed E-state index contributed by atoms with van der Waals surface area (Å²) in [6.45, 7) is 9.61. The number of nitrogens with zero attached hydrogens (tertiary/aromatic N) is 1. The van der Waals surface area contributed by atoms with Crippen molar-refractivity contribution in [3.63, 3.8) is 0 Å². The second kappa shape index (κ2) is 15.1. The summed E-state index contributed by atoms with van der Waals surface area (Å²) in [5.74, 6) is -0.678. The molecule has 8 heteroatoms. The van der Waals surface area contributed by atoms with Crippen LogP contribution in [0.5, 0.6) is 5.75 Å². The topological polar surface area (TPSA) is 119 Å². The molecule has 8 nitrogen and oxygen atoms in total. The Morgan fingerprint density at radius 1 is 0.848 bits per heavy atom. The highest BCUT2D eigenvalue weighted by atomic mass is 16.3. The number of aliphatic hydroxyl groups is 1. The van der Waals surface area contributed by atoms with Crippen LogP contribution in [0.15, 0.2) is 84.9 Å². The van der Waals surface area contributed by atoms with Gasteiger partial charge in [0.1, 0.15) is 5.75 Å². The van der Waals surface area contributed by atoms with Crippen molar-refractivity contribution in [2.45, 2.75) is 71.6 Å². The van der Waals surface area contributed by atoms with Gasteiger partial charge in [-0.1, -0.05) is 72.8 Å². The lowest BCUT2D eigenvalue weighted by atomic mass is 9.95. The number of phenols is 1. The monoisotopic (exact) mass is 623 g/mol. The highest BCUT2D eigenvalue weighted by molar-refractivity contribution is 6.08. The van der Waals surface area contributed by atoms with Crippen LogP contribution in [-0.2, 0) is 17.6 Å². The van der Waals surface area contributed by atoms with Crippen LogP contribution < -0.4 is 10.6 Å². The number of nitrogens with one attached hydrogen (secondary N) is 2. The van der Waals surface area contributed by atoms with Crippen molar-refractivity contribution in [2.75, 3.05) is 13.1 Å². The summed E-state index contributed by atoms with van der Waals surface area (Å²) in [6.07, 6.45) is 0.104. The molecule has 0 spiro atoms. The molecule has 3 amide bonds. The van der Waals surface area contributed by atoms with Gasteiger partial charge >= 0.3 is 0 Å².